The lowest BCUT2D eigenvalue weighted by Gasteiger charge is -2.22. The van der Waals surface area contributed by atoms with Crippen molar-refractivity contribution in [1.82, 2.24) is 5.32 Å². The molecule has 2 aromatic rings. The Bertz CT molecular complexity index is 619. The van der Waals surface area contributed by atoms with E-state index in [1.165, 1.54) is 27.8 Å². The van der Waals surface area contributed by atoms with Gasteiger partial charge >= 0.3 is 0 Å². The number of rotatable bonds is 5. The molecular formula is C19H24BrN. The second-order valence-corrected chi connectivity index (χ2v) is 6.66. The van der Waals surface area contributed by atoms with Gasteiger partial charge in [-0.05, 0) is 68.1 Å². The third kappa shape index (κ3) is 4.18. The summed E-state index contributed by atoms with van der Waals surface area (Å²) in [4.78, 5) is 0. The van der Waals surface area contributed by atoms with E-state index in [0.717, 1.165) is 17.4 Å². The molecule has 0 aliphatic heterocycles. The second kappa shape index (κ2) is 7.24. The molecule has 0 amide bonds. The molecule has 1 atom stereocenters. The molecule has 112 valence electrons. The minimum Gasteiger partial charge on any atom is -0.310 e. The fourth-order valence-electron chi connectivity index (χ4n) is 2.77. The van der Waals surface area contributed by atoms with E-state index in [4.69, 9.17) is 0 Å². The predicted octanol–water partition coefficient (Wildman–Crippen LogP) is 5.27. The highest BCUT2D eigenvalue weighted by Gasteiger charge is 2.15. The van der Waals surface area contributed by atoms with Gasteiger partial charge in [-0.15, -0.1) is 0 Å². The molecule has 1 unspecified atom stereocenters. The summed E-state index contributed by atoms with van der Waals surface area (Å²) in [5, 5.41) is 3.64. The second-order valence-electron chi connectivity index (χ2n) is 5.75. The van der Waals surface area contributed by atoms with E-state index < -0.39 is 0 Å². The minimum absolute atomic E-state index is 0.355. The molecule has 0 bridgehead atoms. The zero-order valence-electron chi connectivity index (χ0n) is 13.3. The summed E-state index contributed by atoms with van der Waals surface area (Å²) in [6.07, 6.45) is 1.03. The molecule has 2 aromatic carbocycles. The third-order valence-electron chi connectivity index (χ3n) is 4.00. The standard InChI is InChI=1S/C19H24BrN/c1-5-21-19(18-12-17(20)9-8-15(18)4)11-16-10-13(2)6-7-14(16)3/h6-10,12,19,21H,5,11H2,1-4H3. The van der Waals surface area contributed by atoms with Crippen molar-refractivity contribution in [2.24, 2.45) is 0 Å². The molecule has 21 heavy (non-hydrogen) atoms. The summed E-state index contributed by atoms with van der Waals surface area (Å²) < 4.78 is 1.15. The number of halogens is 1. The van der Waals surface area contributed by atoms with E-state index >= 15 is 0 Å². The van der Waals surface area contributed by atoms with Crippen molar-refractivity contribution < 1.29 is 0 Å². The molecule has 0 aromatic heterocycles. The monoisotopic (exact) mass is 345 g/mol. The van der Waals surface area contributed by atoms with Gasteiger partial charge in [-0.1, -0.05) is 52.7 Å². The van der Waals surface area contributed by atoms with Gasteiger partial charge in [0, 0.05) is 10.5 Å². The van der Waals surface area contributed by atoms with Crippen LogP contribution < -0.4 is 5.32 Å². The maximum Gasteiger partial charge on any atom is 0.0363 e. The molecule has 0 saturated carbocycles. The first-order chi connectivity index (χ1) is 10.0. The van der Waals surface area contributed by atoms with E-state index in [1.807, 2.05) is 0 Å². The van der Waals surface area contributed by atoms with Crippen LogP contribution in [0.1, 0.15) is 40.8 Å². The van der Waals surface area contributed by atoms with Crippen LogP contribution in [-0.2, 0) is 6.42 Å². The Hall–Kier alpha value is -1.12. The zero-order chi connectivity index (χ0) is 15.4. The van der Waals surface area contributed by atoms with Gasteiger partial charge in [0.05, 0.1) is 0 Å². The Morgan fingerprint density at radius 1 is 1.00 bits per heavy atom. The molecule has 0 radical (unpaired) electrons. The predicted molar refractivity (Wildman–Crippen MR) is 94.9 cm³/mol. The van der Waals surface area contributed by atoms with Gasteiger partial charge in [-0.2, -0.15) is 0 Å². The van der Waals surface area contributed by atoms with E-state index in [1.54, 1.807) is 0 Å². The lowest BCUT2D eigenvalue weighted by atomic mass is 9.92. The van der Waals surface area contributed by atoms with Crippen LogP contribution in [0.25, 0.3) is 0 Å². The minimum atomic E-state index is 0.355. The van der Waals surface area contributed by atoms with E-state index in [-0.39, 0.29) is 0 Å². The smallest absolute Gasteiger partial charge is 0.0363 e. The third-order valence-corrected chi connectivity index (χ3v) is 4.49. The Morgan fingerprint density at radius 3 is 2.43 bits per heavy atom. The summed E-state index contributed by atoms with van der Waals surface area (Å²) >= 11 is 3.60. The normalized spacial score (nSPS) is 12.4. The number of likely N-dealkylation sites (N-methyl/N-ethyl adjacent to an activating group) is 1. The molecule has 2 rings (SSSR count). The molecule has 1 N–H and O–H groups in total. The van der Waals surface area contributed by atoms with Crippen LogP contribution in [0.4, 0.5) is 0 Å². The first-order valence-electron chi connectivity index (χ1n) is 7.56. The average Bonchev–Trinajstić information content (AvgIpc) is 2.45. The summed E-state index contributed by atoms with van der Waals surface area (Å²) in [5.74, 6) is 0. The zero-order valence-corrected chi connectivity index (χ0v) is 14.9. The number of benzene rings is 2. The van der Waals surface area contributed by atoms with Gasteiger partial charge in [-0.25, -0.2) is 0 Å². The van der Waals surface area contributed by atoms with Gasteiger partial charge < -0.3 is 5.32 Å². The van der Waals surface area contributed by atoms with Gasteiger partial charge in [0.2, 0.25) is 0 Å². The Labute approximate surface area is 136 Å². The molecule has 2 heteroatoms. The van der Waals surface area contributed by atoms with Crippen molar-refractivity contribution in [1.29, 1.82) is 0 Å². The molecule has 0 aliphatic rings. The average molecular weight is 346 g/mol. The summed E-state index contributed by atoms with van der Waals surface area (Å²) in [6, 6.07) is 13.6. The molecule has 0 spiro atoms. The summed E-state index contributed by atoms with van der Waals surface area (Å²) in [6.45, 7) is 9.70. The Kier molecular flexibility index (Phi) is 5.60. The molecule has 0 fully saturated rings. The molecule has 0 saturated heterocycles. The SMILES string of the molecule is CCNC(Cc1cc(C)ccc1C)c1cc(Br)ccc1C. The van der Waals surface area contributed by atoms with Crippen LogP contribution in [0, 0.1) is 20.8 Å². The molecule has 1 nitrogen and oxygen atoms in total. The number of aryl methyl sites for hydroxylation is 3. The maximum atomic E-state index is 3.64. The van der Waals surface area contributed by atoms with Crippen LogP contribution in [0.5, 0.6) is 0 Å². The van der Waals surface area contributed by atoms with E-state index in [9.17, 15) is 0 Å². The fraction of sp³-hybridized carbons (Fsp3) is 0.368. The lowest BCUT2D eigenvalue weighted by Crippen LogP contribution is -2.24. The number of hydrogen-bond acceptors (Lipinski definition) is 1. The highest BCUT2D eigenvalue weighted by molar-refractivity contribution is 9.10. The topological polar surface area (TPSA) is 12.0 Å². The van der Waals surface area contributed by atoms with Crippen LogP contribution >= 0.6 is 15.9 Å². The molecular weight excluding hydrogens is 322 g/mol. The van der Waals surface area contributed by atoms with Gasteiger partial charge in [-0.3, -0.25) is 0 Å². The molecule has 0 heterocycles. The first kappa shape index (κ1) is 16.3. The van der Waals surface area contributed by atoms with Crippen molar-refractivity contribution in [2.75, 3.05) is 6.54 Å². The summed E-state index contributed by atoms with van der Waals surface area (Å²) in [7, 11) is 0. The van der Waals surface area contributed by atoms with Crippen LogP contribution in [0.15, 0.2) is 40.9 Å². The van der Waals surface area contributed by atoms with Crippen molar-refractivity contribution >= 4 is 15.9 Å². The van der Waals surface area contributed by atoms with Crippen molar-refractivity contribution in [3.8, 4) is 0 Å². The van der Waals surface area contributed by atoms with Crippen molar-refractivity contribution in [2.45, 2.75) is 40.2 Å². The van der Waals surface area contributed by atoms with Gasteiger partial charge in [0.1, 0.15) is 0 Å². The van der Waals surface area contributed by atoms with Gasteiger partial charge in [0.25, 0.3) is 0 Å². The number of hydrogen-bond donors (Lipinski definition) is 1. The van der Waals surface area contributed by atoms with Crippen molar-refractivity contribution in [3.63, 3.8) is 0 Å². The maximum absolute atomic E-state index is 3.64. The van der Waals surface area contributed by atoms with Crippen LogP contribution in [-0.4, -0.2) is 6.54 Å². The van der Waals surface area contributed by atoms with Crippen LogP contribution in [0.2, 0.25) is 0 Å². The van der Waals surface area contributed by atoms with Crippen LogP contribution in [0.3, 0.4) is 0 Å². The van der Waals surface area contributed by atoms with E-state index in [0.29, 0.717) is 6.04 Å². The van der Waals surface area contributed by atoms with Gasteiger partial charge in [0.15, 0.2) is 0 Å². The number of nitrogens with one attached hydrogen (secondary N) is 1. The largest absolute Gasteiger partial charge is 0.310 e. The fourth-order valence-corrected chi connectivity index (χ4v) is 3.14. The van der Waals surface area contributed by atoms with E-state index in [2.05, 4.69) is 85.3 Å². The quantitative estimate of drug-likeness (QED) is 0.778. The van der Waals surface area contributed by atoms with Crippen molar-refractivity contribution in [3.05, 3.63) is 68.7 Å². The highest BCUT2D eigenvalue weighted by Crippen LogP contribution is 2.26. The summed E-state index contributed by atoms with van der Waals surface area (Å²) in [5.41, 5.74) is 6.86. The lowest BCUT2D eigenvalue weighted by molar-refractivity contribution is 0.546. The molecule has 0 aliphatic carbocycles. The Balaban J connectivity index is 2.35. The highest BCUT2D eigenvalue weighted by atomic mass is 79.9. The Morgan fingerprint density at radius 2 is 1.71 bits per heavy atom. The first-order valence-corrected chi connectivity index (χ1v) is 8.36.